The molecule has 0 saturated carbocycles. The van der Waals surface area contributed by atoms with Crippen LogP contribution in [0.3, 0.4) is 0 Å². The van der Waals surface area contributed by atoms with E-state index in [4.69, 9.17) is 11.5 Å². The third kappa shape index (κ3) is 2.44. The second kappa shape index (κ2) is 5.75. The number of rotatable bonds is 5. The van der Waals surface area contributed by atoms with Crippen LogP contribution in [0.4, 0.5) is 0 Å². The molecule has 0 aromatic carbocycles. The van der Waals surface area contributed by atoms with Gasteiger partial charge >= 0.3 is 5.97 Å². The van der Waals surface area contributed by atoms with Gasteiger partial charge in [-0.25, -0.2) is 9.79 Å². The van der Waals surface area contributed by atoms with E-state index in [0.29, 0.717) is 19.6 Å². The van der Waals surface area contributed by atoms with Gasteiger partial charge in [0.25, 0.3) is 0 Å². The van der Waals surface area contributed by atoms with E-state index in [9.17, 15) is 19.8 Å². The van der Waals surface area contributed by atoms with Gasteiger partial charge in [-0.15, -0.1) is 0 Å². The van der Waals surface area contributed by atoms with Crippen molar-refractivity contribution in [1.29, 1.82) is 0 Å². The molecular weight excluding hydrogens is 314 g/mol. The van der Waals surface area contributed by atoms with Crippen LogP contribution in [0.25, 0.3) is 0 Å². The first-order valence-corrected chi connectivity index (χ1v) is 8.01. The molecule has 4 atom stereocenters. The molecule has 3 aliphatic heterocycles. The smallest absolute Gasteiger partial charge is 0.352 e. The molecule has 1 amide bonds. The Labute approximate surface area is 139 Å². The zero-order chi connectivity index (χ0) is 17.8. The molecule has 0 aromatic heterocycles. The van der Waals surface area contributed by atoms with Crippen molar-refractivity contribution in [3.63, 3.8) is 0 Å². The highest BCUT2D eigenvalue weighted by Crippen LogP contribution is 2.47. The lowest BCUT2D eigenvalue weighted by Gasteiger charge is -2.46. The fraction of sp³-hybridized carbons (Fsp3) is 0.667. The zero-order valence-corrected chi connectivity index (χ0v) is 13.7. The number of carboxylic acids is 1. The average molecular weight is 337 g/mol. The molecule has 3 heterocycles. The molecule has 0 radical (unpaired) electrons. The molecule has 2 saturated heterocycles. The van der Waals surface area contributed by atoms with Crippen LogP contribution in [0.5, 0.6) is 0 Å². The van der Waals surface area contributed by atoms with E-state index in [-0.39, 0.29) is 35.6 Å². The Kier molecular flexibility index (Phi) is 4.00. The first-order valence-electron chi connectivity index (χ1n) is 8.01. The summed E-state index contributed by atoms with van der Waals surface area (Å²) >= 11 is 0. The minimum atomic E-state index is -1.10. The van der Waals surface area contributed by atoms with E-state index in [2.05, 4.69) is 9.89 Å². The van der Waals surface area contributed by atoms with Crippen LogP contribution in [0.15, 0.2) is 16.3 Å². The number of fused-ring (bicyclic) bond motifs is 1. The molecule has 3 aliphatic rings. The molecule has 0 bridgehead atoms. The molecule has 0 spiro atoms. The third-order valence-corrected chi connectivity index (χ3v) is 5.18. The minimum absolute atomic E-state index is 0.0319. The molecule has 3 rings (SSSR count). The monoisotopic (exact) mass is 337 g/mol. The number of carbonyl (C=O) groups excluding carboxylic acids is 1. The molecule has 9 nitrogen and oxygen atoms in total. The third-order valence-electron chi connectivity index (χ3n) is 5.18. The highest BCUT2D eigenvalue weighted by molar-refractivity contribution is 6.00. The van der Waals surface area contributed by atoms with E-state index in [1.54, 1.807) is 6.92 Å². The van der Waals surface area contributed by atoms with E-state index in [0.717, 1.165) is 5.57 Å². The van der Waals surface area contributed by atoms with Crippen molar-refractivity contribution < 1.29 is 19.8 Å². The largest absolute Gasteiger partial charge is 0.477 e. The van der Waals surface area contributed by atoms with Crippen LogP contribution in [0.2, 0.25) is 0 Å². The summed E-state index contributed by atoms with van der Waals surface area (Å²) in [6.07, 6.45) is -0.786. The summed E-state index contributed by atoms with van der Waals surface area (Å²) in [6, 6.07) is -0.238. The van der Waals surface area contributed by atoms with Crippen LogP contribution in [0.1, 0.15) is 13.8 Å². The lowest BCUT2D eigenvalue weighted by molar-refractivity contribution is -0.163. The lowest BCUT2D eigenvalue weighted by Crippen LogP contribution is -2.63. The predicted octanol–water partition coefficient (Wildman–Crippen LogP) is -1.86. The van der Waals surface area contributed by atoms with Crippen molar-refractivity contribution in [2.75, 3.05) is 19.6 Å². The number of carbonyl (C=O) groups is 2. The molecule has 0 aliphatic carbocycles. The van der Waals surface area contributed by atoms with Gasteiger partial charge in [-0.05, 0) is 12.5 Å². The van der Waals surface area contributed by atoms with Gasteiger partial charge in [0.2, 0.25) is 5.91 Å². The van der Waals surface area contributed by atoms with Gasteiger partial charge in [0, 0.05) is 25.6 Å². The SMILES string of the molecule is CC(O)C1C(=O)N2C(C(=O)O)=C(CN3CC(N=C(N)N)C3)C(C)C12. The first kappa shape index (κ1) is 16.7. The van der Waals surface area contributed by atoms with Crippen LogP contribution in [-0.4, -0.2) is 75.7 Å². The van der Waals surface area contributed by atoms with Crippen molar-refractivity contribution in [2.24, 2.45) is 28.3 Å². The Morgan fingerprint density at radius 2 is 2.04 bits per heavy atom. The van der Waals surface area contributed by atoms with Crippen LogP contribution in [0, 0.1) is 11.8 Å². The summed E-state index contributed by atoms with van der Waals surface area (Å²) in [5, 5.41) is 19.4. The molecule has 0 aromatic rings. The summed E-state index contributed by atoms with van der Waals surface area (Å²) in [5.41, 5.74) is 11.5. The second-order valence-electron chi connectivity index (χ2n) is 6.83. The van der Waals surface area contributed by atoms with Crippen molar-refractivity contribution in [3.05, 3.63) is 11.3 Å². The molecule has 2 fully saturated rings. The normalized spacial score (nSPS) is 31.4. The number of nitrogens with zero attached hydrogens (tertiary/aromatic N) is 3. The van der Waals surface area contributed by atoms with Gasteiger partial charge in [0.05, 0.1) is 24.1 Å². The Hall–Kier alpha value is -2.13. The van der Waals surface area contributed by atoms with E-state index in [1.165, 1.54) is 4.90 Å². The van der Waals surface area contributed by atoms with Gasteiger partial charge in [0.1, 0.15) is 5.70 Å². The van der Waals surface area contributed by atoms with E-state index >= 15 is 0 Å². The van der Waals surface area contributed by atoms with E-state index < -0.39 is 18.0 Å². The number of amides is 1. The summed E-state index contributed by atoms with van der Waals surface area (Å²) in [5.74, 6) is -1.99. The Morgan fingerprint density at radius 3 is 2.54 bits per heavy atom. The number of aliphatic hydroxyl groups is 1. The number of aliphatic carboxylic acids is 1. The Morgan fingerprint density at radius 1 is 1.42 bits per heavy atom. The summed E-state index contributed by atoms with van der Waals surface area (Å²) < 4.78 is 0. The van der Waals surface area contributed by atoms with Crippen LogP contribution < -0.4 is 11.5 Å². The molecule has 24 heavy (non-hydrogen) atoms. The van der Waals surface area contributed by atoms with Crippen molar-refractivity contribution in [2.45, 2.75) is 32.0 Å². The fourth-order valence-electron chi connectivity index (χ4n) is 4.06. The number of hydrogen-bond donors (Lipinski definition) is 4. The van der Waals surface area contributed by atoms with E-state index in [1.807, 2.05) is 6.92 Å². The number of guanidine groups is 1. The Bertz CT molecular complexity index is 634. The van der Waals surface area contributed by atoms with Gasteiger partial charge in [-0.3, -0.25) is 9.69 Å². The molecule has 132 valence electrons. The summed E-state index contributed by atoms with van der Waals surface area (Å²) in [7, 11) is 0. The predicted molar refractivity (Wildman–Crippen MR) is 85.7 cm³/mol. The molecule has 9 heteroatoms. The van der Waals surface area contributed by atoms with Crippen LogP contribution >= 0.6 is 0 Å². The first-order chi connectivity index (χ1) is 11.2. The van der Waals surface area contributed by atoms with Gasteiger partial charge in [-0.1, -0.05) is 6.92 Å². The average Bonchev–Trinajstić information content (AvgIpc) is 2.65. The van der Waals surface area contributed by atoms with Crippen molar-refractivity contribution in [3.8, 4) is 0 Å². The standard InChI is InChI=1S/C15H23N5O4/c1-6-9(5-19-3-8(4-19)18-15(16)17)12(14(23)24)20-11(6)10(7(2)21)13(20)22/h6-8,10-11,21H,3-5H2,1-2H3,(H,23,24)(H4,16,17,18). The highest BCUT2D eigenvalue weighted by atomic mass is 16.4. The topological polar surface area (TPSA) is 145 Å². The fourth-order valence-corrected chi connectivity index (χ4v) is 4.06. The number of hydrogen-bond acceptors (Lipinski definition) is 5. The van der Waals surface area contributed by atoms with Gasteiger partial charge < -0.3 is 26.6 Å². The van der Waals surface area contributed by atoms with Crippen LogP contribution in [-0.2, 0) is 9.59 Å². The summed E-state index contributed by atoms with van der Waals surface area (Å²) in [4.78, 5) is 31.4. The lowest BCUT2D eigenvalue weighted by atomic mass is 9.77. The molecule has 6 N–H and O–H groups in total. The maximum absolute atomic E-state index is 12.2. The maximum atomic E-state index is 12.2. The van der Waals surface area contributed by atoms with Crippen molar-refractivity contribution >= 4 is 17.8 Å². The van der Waals surface area contributed by atoms with Crippen molar-refractivity contribution in [1.82, 2.24) is 9.80 Å². The maximum Gasteiger partial charge on any atom is 0.352 e. The second-order valence-corrected chi connectivity index (χ2v) is 6.83. The molecule has 4 unspecified atom stereocenters. The number of aliphatic imine (C=N–C) groups is 1. The minimum Gasteiger partial charge on any atom is -0.477 e. The zero-order valence-electron chi connectivity index (χ0n) is 13.7. The molecular formula is C15H23N5O4. The number of β-lactam (4-membered cyclic amide) rings is 1. The highest BCUT2D eigenvalue weighted by Gasteiger charge is 2.59. The summed E-state index contributed by atoms with van der Waals surface area (Å²) in [6.45, 7) is 5.25. The Balaban J connectivity index is 1.76. The number of aliphatic hydroxyl groups excluding tert-OH is 1. The quantitative estimate of drug-likeness (QED) is 0.261. The number of likely N-dealkylation sites (tertiary alicyclic amines) is 1. The number of carboxylic acid groups (broad SMARTS) is 1. The van der Waals surface area contributed by atoms with Gasteiger partial charge in [-0.2, -0.15) is 0 Å². The van der Waals surface area contributed by atoms with Gasteiger partial charge in [0.15, 0.2) is 5.96 Å². The number of nitrogens with two attached hydrogens (primary N) is 2.